The molecule has 15 heavy (non-hydrogen) atoms. The summed E-state index contributed by atoms with van der Waals surface area (Å²) in [5.74, 6) is 0.0631. The third-order valence-corrected chi connectivity index (χ3v) is 4.10. The molecule has 0 radical (unpaired) electrons. The standard InChI is InChI=1S/C11H21NO3/c1-3-9(8-13)11(2)7-5-4-6-10(11)12(14)15/h9-10,13H,3-8H2,1-2H3/t9-,10+,11+/m1/s1. The van der Waals surface area contributed by atoms with Crippen molar-refractivity contribution in [1.82, 2.24) is 0 Å². The molecule has 1 aliphatic rings. The summed E-state index contributed by atoms with van der Waals surface area (Å²) in [5, 5.41) is 20.4. The Hall–Kier alpha value is -0.640. The van der Waals surface area contributed by atoms with Crippen molar-refractivity contribution in [1.29, 1.82) is 0 Å². The molecule has 1 fully saturated rings. The van der Waals surface area contributed by atoms with Crippen molar-refractivity contribution in [3.05, 3.63) is 10.1 Å². The first kappa shape index (κ1) is 12.4. The molecular weight excluding hydrogens is 194 g/mol. The van der Waals surface area contributed by atoms with Crippen LogP contribution < -0.4 is 0 Å². The van der Waals surface area contributed by atoms with Crippen molar-refractivity contribution < 1.29 is 10.0 Å². The molecule has 0 aromatic heterocycles. The van der Waals surface area contributed by atoms with E-state index in [0.717, 1.165) is 25.7 Å². The van der Waals surface area contributed by atoms with E-state index in [9.17, 15) is 15.2 Å². The Morgan fingerprint density at radius 2 is 2.27 bits per heavy atom. The Morgan fingerprint density at radius 1 is 1.60 bits per heavy atom. The molecule has 1 rings (SSSR count). The molecule has 0 aliphatic heterocycles. The number of hydrogen-bond acceptors (Lipinski definition) is 3. The summed E-state index contributed by atoms with van der Waals surface area (Å²) >= 11 is 0. The van der Waals surface area contributed by atoms with Crippen LogP contribution in [0.1, 0.15) is 46.0 Å². The highest BCUT2D eigenvalue weighted by molar-refractivity contribution is 4.91. The lowest BCUT2D eigenvalue weighted by molar-refractivity contribution is -0.549. The zero-order valence-corrected chi connectivity index (χ0v) is 9.61. The molecule has 3 atom stereocenters. The molecule has 0 spiro atoms. The predicted octanol–water partition coefficient (Wildman–Crippen LogP) is 2.23. The lowest BCUT2D eigenvalue weighted by atomic mass is 9.63. The van der Waals surface area contributed by atoms with Crippen LogP contribution in [-0.4, -0.2) is 22.7 Å². The molecular formula is C11H21NO3. The molecule has 4 nitrogen and oxygen atoms in total. The van der Waals surface area contributed by atoms with Gasteiger partial charge in [0.2, 0.25) is 6.04 Å². The van der Waals surface area contributed by atoms with Crippen LogP contribution in [0.5, 0.6) is 0 Å². The van der Waals surface area contributed by atoms with Crippen molar-refractivity contribution in [2.75, 3.05) is 6.61 Å². The van der Waals surface area contributed by atoms with Crippen molar-refractivity contribution in [3.63, 3.8) is 0 Å². The Labute approximate surface area is 90.8 Å². The van der Waals surface area contributed by atoms with Gasteiger partial charge in [-0.1, -0.05) is 26.7 Å². The summed E-state index contributed by atoms with van der Waals surface area (Å²) in [7, 11) is 0. The number of rotatable bonds is 4. The van der Waals surface area contributed by atoms with Crippen LogP contribution in [0.4, 0.5) is 0 Å². The average Bonchev–Trinajstić information content (AvgIpc) is 2.19. The molecule has 1 saturated carbocycles. The molecule has 0 unspecified atom stereocenters. The van der Waals surface area contributed by atoms with Crippen LogP contribution in [0.15, 0.2) is 0 Å². The van der Waals surface area contributed by atoms with Gasteiger partial charge in [-0.2, -0.15) is 0 Å². The highest BCUT2D eigenvalue weighted by Crippen LogP contribution is 2.44. The Balaban J connectivity index is 2.88. The Kier molecular flexibility index (Phi) is 4.08. The first-order valence-electron chi connectivity index (χ1n) is 5.80. The zero-order chi connectivity index (χ0) is 11.5. The lowest BCUT2D eigenvalue weighted by Gasteiger charge is -2.41. The molecule has 1 aliphatic carbocycles. The van der Waals surface area contributed by atoms with Gasteiger partial charge in [-0.15, -0.1) is 0 Å². The van der Waals surface area contributed by atoms with Crippen LogP contribution in [0.3, 0.4) is 0 Å². The van der Waals surface area contributed by atoms with E-state index in [0.29, 0.717) is 6.42 Å². The minimum Gasteiger partial charge on any atom is -0.396 e. The molecule has 0 aromatic carbocycles. The van der Waals surface area contributed by atoms with Gasteiger partial charge in [-0.05, 0) is 18.8 Å². The van der Waals surface area contributed by atoms with E-state index in [1.807, 2.05) is 13.8 Å². The van der Waals surface area contributed by atoms with Crippen molar-refractivity contribution in [2.45, 2.75) is 52.0 Å². The van der Waals surface area contributed by atoms with Gasteiger partial charge in [0.1, 0.15) is 0 Å². The maximum Gasteiger partial charge on any atom is 0.218 e. The fourth-order valence-electron chi connectivity index (χ4n) is 2.97. The zero-order valence-electron chi connectivity index (χ0n) is 9.61. The topological polar surface area (TPSA) is 63.4 Å². The van der Waals surface area contributed by atoms with Crippen LogP contribution >= 0.6 is 0 Å². The van der Waals surface area contributed by atoms with Crippen molar-refractivity contribution >= 4 is 0 Å². The highest BCUT2D eigenvalue weighted by atomic mass is 16.6. The molecule has 88 valence electrons. The minimum atomic E-state index is -0.469. The lowest BCUT2D eigenvalue weighted by Crippen LogP contribution is -2.47. The van der Waals surface area contributed by atoms with Gasteiger partial charge in [-0.25, -0.2) is 0 Å². The fourth-order valence-corrected chi connectivity index (χ4v) is 2.97. The quantitative estimate of drug-likeness (QED) is 0.577. The van der Waals surface area contributed by atoms with E-state index in [1.165, 1.54) is 0 Å². The van der Waals surface area contributed by atoms with Crippen molar-refractivity contribution in [3.8, 4) is 0 Å². The van der Waals surface area contributed by atoms with Gasteiger partial charge in [0, 0.05) is 23.4 Å². The second-order valence-electron chi connectivity index (χ2n) is 4.84. The van der Waals surface area contributed by atoms with Crippen LogP contribution in [0.25, 0.3) is 0 Å². The fraction of sp³-hybridized carbons (Fsp3) is 1.00. The SMILES string of the molecule is CC[C@H](CO)[C@]1(C)CCCC[C@@H]1[N+](=O)[O-]. The van der Waals surface area contributed by atoms with E-state index < -0.39 is 6.04 Å². The second kappa shape index (κ2) is 4.92. The largest absolute Gasteiger partial charge is 0.396 e. The number of nitrogens with zero attached hydrogens (tertiary/aromatic N) is 1. The monoisotopic (exact) mass is 215 g/mol. The van der Waals surface area contributed by atoms with Gasteiger partial charge in [0.25, 0.3) is 0 Å². The number of aliphatic hydroxyl groups excluding tert-OH is 1. The van der Waals surface area contributed by atoms with Gasteiger partial charge in [0.05, 0.1) is 0 Å². The summed E-state index contributed by atoms with van der Waals surface area (Å²) < 4.78 is 0. The Morgan fingerprint density at radius 3 is 2.73 bits per heavy atom. The molecule has 4 heteroatoms. The van der Waals surface area contributed by atoms with E-state index in [4.69, 9.17) is 0 Å². The number of nitro groups is 1. The van der Waals surface area contributed by atoms with Crippen LogP contribution in [-0.2, 0) is 0 Å². The first-order chi connectivity index (χ1) is 7.06. The van der Waals surface area contributed by atoms with Gasteiger partial charge >= 0.3 is 0 Å². The minimum absolute atomic E-state index is 0.0631. The summed E-state index contributed by atoms with van der Waals surface area (Å²) in [4.78, 5) is 10.9. The van der Waals surface area contributed by atoms with Crippen LogP contribution in [0.2, 0.25) is 0 Å². The predicted molar refractivity (Wildman–Crippen MR) is 58.2 cm³/mol. The summed E-state index contributed by atoms with van der Waals surface area (Å²) in [5.41, 5.74) is -0.314. The van der Waals surface area contributed by atoms with E-state index >= 15 is 0 Å². The highest BCUT2D eigenvalue weighted by Gasteiger charge is 2.48. The van der Waals surface area contributed by atoms with E-state index in [-0.39, 0.29) is 22.9 Å². The van der Waals surface area contributed by atoms with E-state index in [2.05, 4.69) is 0 Å². The van der Waals surface area contributed by atoms with Crippen LogP contribution in [0, 0.1) is 21.4 Å². The Bertz CT molecular complexity index is 228. The summed E-state index contributed by atoms with van der Waals surface area (Å²) in [6.07, 6.45) is 4.36. The third kappa shape index (κ3) is 2.30. The smallest absolute Gasteiger partial charge is 0.218 e. The second-order valence-corrected chi connectivity index (χ2v) is 4.84. The van der Waals surface area contributed by atoms with Crippen molar-refractivity contribution in [2.24, 2.45) is 11.3 Å². The average molecular weight is 215 g/mol. The maximum atomic E-state index is 11.0. The maximum absolute atomic E-state index is 11.0. The van der Waals surface area contributed by atoms with E-state index in [1.54, 1.807) is 0 Å². The first-order valence-corrected chi connectivity index (χ1v) is 5.80. The van der Waals surface area contributed by atoms with Gasteiger partial charge < -0.3 is 5.11 Å². The normalized spacial score (nSPS) is 33.7. The molecule has 0 bridgehead atoms. The molecule has 0 aromatic rings. The summed E-state index contributed by atoms with van der Waals surface area (Å²) in [6.45, 7) is 4.04. The number of hydrogen-bond donors (Lipinski definition) is 1. The molecule has 1 N–H and O–H groups in total. The third-order valence-electron chi connectivity index (χ3n) is 4.10. The molecule has 0 saturated heterocycles. The van der Waals surface area contributed by atoms with Gasteiger partial charge in [0.15, 0.2) is 0 Å². The molecule has 0 heterocycles. The number of aliphatic hydroxyl groups is 1. The van der Waals surface area contributed by atoms with Gasteiger partial charge in [-0.3, -0.25) is 10.1 Å². The molecule has 0 amide bonds. The summed E-state index contributed by atoms with van der Waals surface area (Å²) in [6, 6.07) is -0.469.